The summed E-state index contributed by atoms with van der Waals surface area (Å²) in [6.07, 6.45) is 2.76. The number of hydrogen-bond acceptors (Lipinski definition) is 3. The fourth-order valence-corrected chi connectivity index (χ4v) is 1.19. The normalized spacial score (nSPS) is 25.4. The second-order valence-electron chi connectivity index (χ2n) is 2.75. The lowest BCUT2D eigenvalue weighted by Gasteiger charge is -2.22. The molecule has 1 saturated heterocycles. The van der Waals surface area contributed by atoms with Crippen LogP contribution in [0, 0.1) is 0 Å². The predicted molar refractivity (Wildman–Crippen MR) is 43.5 cm³/mol. The van der Waals surface area contributed by atoms with Gasteiger partial charge in [0.05, 0.1) is 6.10 Å². The predicted octanol–water partition coefficient (Wildman–Crippen LogP) is 0.749. The van der Waals surface area contributed by atoms with E-state index >= 15 is 0 Å². The highest BCUT2D eigenvalue weighted by molar-refractivity contribution is 4.67. The van der Waals surface area contributed by atoms with Gasteiger partial charge in [0.1, 0.15) is 6.79 Å². The third kappa shape index (κ3) is 3.70. The van der Waals surface area contributed by atoms with Gasteiger partial charge < -0.3 is 14.8 Å². The molecule has 0 aliphatic carbocycles. The van der Waals surface area contributed by atoms with E-state index in [9.17, 15) is 0 Å². The van der Waals surface area contributed by atoms with Crippen molar-refractivity contribution < 1.29 is 9.47 Å². The number of rotatable bonds is 4. The van der Waals surface area contributed by atoms with Crippen molar-refractivity contribution in [3.8, 4) is 0 Å². The Morgan fingerprint density at radius 2 is 2.45 bits per heavy atom. The Balaban J connectivity index is 1.96. The van der Waals surface area contributed by atoms with Crippen LogP contribution in [0.2, 0.25) is 0 Å². The molecule has 0 saturated carbocycles. The summed E-state index contributed by atoms with van der Waals surface area (Å²) in [5, 5.41) is 3.28. The molecule has 1 fully saturated rings. The van der Waals surface area contributed by atoms with Crippen molar-refractivity contribution in [1.82, 2.24) is 5.32 Å². The summed E-state index contributed by atoms with van der Waals surface area (Å²) in [5.41, 5.74) is 0. The van der Waals surface area contributed by atoms with Crippen LogP contribution in [-0.2, 0) is 9.47 Å². The van der Waals surface area contributed by atoms with E-state index in [0.29, 0.717) is 12.9 Å². The molecule has 1 aliphatic rings. The Labute approximate surface area is 68.1 Å². The molecule has 1 atom stereocenters. The molecule has 0 amide bonds. The second kappa shape index (κ2) is 5.52. The molecule has 0 spiro atoms. The van der Waals surface area contributed by atoms with Crippen LogP contribution in [0.3, 0.4) is 0 Å². The first-order valence-corrected chi connectivity index (χ1v) is 4.33. The van der Waals surface area contributed by atoms with Crippen molar-refractivity contribution in [3.05, 3.63) is 0 Å². The van der Waals surface area contributed by atoms with E-state index in [2.05, 4.69) is 5.32 Å². The summed E-state index contributed by atoms with van der Waals surface area (Å²) >= 11 is 0. The highest BCUT2D eigenvalue weighted by Crippen LogP contribution is 2.05. The van der Waals surface area contributed by atoms with Crippen molar-refractivity contribution in [2.45, 2.75) is 25.9 Å². The average Bonchev–Trinajstić information content (AvgIpc) is 2.07. The first-order valence-electron chi connectivity index (χ1n) is 4.33. The average molecular weight is 159 g/mol. The molecule has 11 heavy (non-hydrogen) atoms. The van der Waals surface area contributed by atoms with E-state index in [-0.39, 0.29) is 0 Å². The third-order valence-electron chi connectivity index (χ3n) is 1.84. The summed E-state index contributed by atoms with van der Waals surface area (Å²) in [6.45, 7) is 5.27. The van der Waals surface area contributed by atoms with Crippen molar-refractivity contribution in [2.75, 3.05) is 26.5 Å². The molecular formula is C8H17NO2. The lowest BCUT2D eigenvalue weighted by atomic mass is 10.1. The minimum absolute atomic E-state index is 0.371. The van der Waals surface area contributed by atoms with Gasteiger partial charge in [-0.25, -0.2) is 0 Å². The van der Waals surface area contributed by atoms with E-state index in [4.69, 9.17) is 9.47 Å². The topological polar surface area (TPSA) is 30.5 Å². The number of nitrogens with one attached hydrogen (secondary N) is 1. The molecular weight excluding hydrogens is 142 g/mol. The largest absolute Gasteiger partial charge is 0.356 e. The van der Waals surface area contributed by atoms with Crippen molar-refractivity contribution in [3.63, 3.8) is 0 Å². The molecule has 0 aromatic heterocycles. The Morgan fingerprint density at radius 1 is 1.55 bits per heavy atom. The van der Waals surface area contributed by atoms with E-state index in [1.807, 2.05) is 6.92 Å². The minimum atomic E-state index is 0.371. The molecule has 1 N–H and O–H groups in total. The van der Waals surface area contributed by atoms with Gasteiger partial charge in [-0.05, 0) is 26.3 Å². The Kier molecular flexibility index (Phi) is 4.50. The van der Waals surface area contributed by atoms with Crippen LogP contribution in [0.5, 0.6) is 0 Å². The molecule has 3 heteroatoms. The minimum Gasteiger partial charge on any atom is -0.356 e. The second-order valence-corrected chi connectivity index (χ2v) is 2.75. The standard InChI is InChI=1S/C8H17NO2/c1-2-10-7-11-8-4-3-5-9-6-8/h8-9H,2-7H2,1H3. The van der Waals surface area contributed by atoms with Crippen LogP contribution in [0.4, 0.5) is 0 Å². The van der Waals surface area contributed by atoms with Gasteiger partial charge in [0, 0.05) is 13.2 Å². The van der Waals surface area contributed by atoms with Crippen LogP contribution in [0.1, 0.15) is 19.8 Å². The van der Waals surface area contributed by atoms with Gasteiger partial charge in [-0.3, -0.25) is 0 Å². The Bertz CT molecular complexity index is 92.1. The van der Waals surface area contributed by atoms with Gasteiger partial charge in [-0.15, -0.1) is 0 Å². The molecule has 3 nitrogen and oxygen atoms in total. The zero-order valence-corrected chi connectivity index (χ0v) is 7.14. The van der Waals surface area contributed by atoms with Gasteiger partial charge >= 0.3 is 0 Å². The Morgan fingerprint density at radius 3 is 3.09 bits per heavy atom. The van der Waals surface area contributed by atoms with E-state index in [0.717, 1.165) is 19.7 Å². The maximum absolute atomic E-state index is 5.44. The van der Waals surface area contributed by atoms with Gasteiger partial charge in [0.25, 0.3) is 0 Å². The number of ether oxygens (including phenoxy) is 2. The first kappa shape index (κ1) is 8.97. The van der Waals surface area contributed by atoms with Gasteiger partial charge in [0.15, 0.2) is 0 Å². The van der Waals surface area contributed by atoms with Crippen LogP contribution < -0.4 is 5.32 Å². The lowest BCUT2D eigenvalue weighted by Crippen LogP contribution is -2.35. The number of piperidine rings is 1. The van der Waals surface area contributed by atoms with Crippen LogP contribution in [0.25, 0.3) is 0 Å². The van der Waals surface area contributed by atoms with E-state index in [1.54, 1.807) is 0 Å². The molecule has 1 unspecified atom stereocenters. The first-order chi connectivity index (χ1) is 5.43. The molecule has 1 rings (SSSR count). The summed E-state index contributed by atoms with van der Waals surface area (Å²) < 4.78 is 10.5. The number of hydrogen-bond donors (Lipinski definition) is 1. The van der Waals surface area contributed by atoms with Gasteiger partial charge in [-0.1, -0.05) is 0 Å². The summed E-state index contributed by atoms with van der Waals surface area (Å²) in [4.78, 5) is 0. The molecule has 0 radical (unpaired) electrons. The van der Waals surface area contributed by atoms with Gasteiger partial charge in [0.2, 0.25) is 0 Å². The zero-order valence-electron chi connectivity index (χ0n) is 7.14. The van der Waals surface area contributed by atoms with E-state index in [1.165, 1.54) is 12.8 Å². The fourth-order valence-electron chi connectivity index (χ4n) is 1.19. The molecule has 1 aliphatic heterocycles. The van der Waals surface area contributed by atoms with Crippen molar-refractivity contribution >= 4 is 0 Å². The lowest BCUT2D eigenvalue weighted by molar-refractivity contribution is -0.0909. The van der Waals surface area contributed by atoms with Crippen molar-refractivity contribution in [1.29, 1.82) is 0 Å². The monoisotopic (exact) mass is 159 g/mol. The van der Waals surface area contributed by atoms with Crippen molar-refractivity contribution in [2.24, 2.45) is 0 Å². The summed E-state index contributed by atoms with van der Waals surface area (Å²) in [7, 11) is 0. The summed E-state index contributed by atoms with van der Waals surface area (Å²) in [5.74, 6) is 0. The quantitative estimate of drug-likeness (QED) is 0.485. The van der Waals surface area contributed by atoms with Crippen LogP contribution in [-0.4, -0.2) is 32.6 Å². The van der Waals surface area contributed by atoms with Gasteiger partial charge in [-0.2, -0.15) is 0 Å². The van der Waals surface area contributed by atoms with Crippen LogP contribution >= 0.6 is 0 Å². The van der Waals surface area contributed by atoms with E-state index < -0.39 is 0 Å². The molecule has 0 bridgehead atoms. The molecule has 1 heterocycles. The maximum Gasteiger partial charge on any atom is 0.147 e. The summed E-state index contributed by atoms with van der Waals surface area (Å²) in [6, 6.07) is 0. The fraction of sp³-hybridized carbons (Fsp3) is 1.00. The highest BCUT2D eigenvalue weighted by atomic mass is 16.7. The highest BCUT2D eigenvalue weighted by Gasteiger charge is 2.12. The third-order valence-corrected chi connectivity index (χ3v) is 1.84. The Hall–Kier alpha value is -0.120. The molecule has 0 aromatic rings. The van der Waals surface area contributed by atoms with Crippen LogP contribution in [0.15, 0.2) is 0 Å². The zero-order chi connectivity index (χ0) is 7.94. The molecule has 66 valence electrons. The smallest absolute Gasteiger partial charge is 0.147 e. The SMILES string of the molecule is CCOCOC1CCCNC1. The molecule has 0 aromatic carbocycles. The maximum atomic E-state index is 5.44.